The van der Waals surface area contributed by atoms with Gasteiger partial charge in [-0.1, -0.05) is 0 Å². The van der Waals surface area contributed by atoms with Crippen LogP contribution in [0.25, 0.3) is 0 Å². The van der Waals surface area contributed by atoms with E-state index in [0.717, 1.165) is 0 Å². The van der Waals surface area contributed by atoms with Crippen molar-refractivity contribution in [1.82, 2.24) is 0 Å². The van der Waals surface area contributed by atoms with Crippen LogP contribution in [-0.2, 0) is 9.47 Å². The number of halogens is 2. The summed E-state index contributed by atoms with van der Waals surface area (Å²) in [5.41, 5.74) is 10.4. The SMILES string of the molecule is CO[C@H]1OC(CN)C(F)(F)C(O)C1N. The molecule has 0 aromatic carbocycles. The van der Waals surface area contributed by atoms with Crippen LogP contribution in [0, 0.1) is 0 Å². The molecule has 0 aromatic heterocycles. The van der Waals surface area contributed by atoms with Gasteiger partial charge in [0.2, 0.25) is 0 Å². The van der Waals surface area contributed by atoms with E-state index in [4.69, 9.17) is 20.9 Å². The van der Waals surface area contributed by atoms with Crippen LogP contribution in [0.2, 0.25) is 0 Å². The number of hydrogen-bond acceptors (Lipinski definition) is 5. The molecule has 0 amide bonds. The van der Waals surface area contributed by atoms with E-state index >= 15 is 0 Å². The van der Waals surface area contributed by atoms with Gasteiger partial charge in [-0.3, -0.25) is 0 Å². The van der Waals surface area contributed by atoms with Crippen LogP contribution in [0.4, 0.5) is 8.78 Å². The molecule has 1 fully saturated rings. The Labute approximate surface area is 80.0 Å². The highest BCUT2D eigenvalue weighted by atomic mass is 19.3. The van der Waals surface area contributed by atoms with Crippen molar-refractivity contribution >= 4 is 0 Å². The Bertz CT molecular complexity index is 201. The van der Waals surface area contributed by atoms with Gasteiger partial charge in [0.05, 0.1) is 6.04 Å². The van der Waals surface area contributed by atoms with Gasteiger partial charge in [0.25, 0.3) is 0 Å². The molecule has 1 aliphatic heterocycles. The first-order valence-electron chi connectivity index (χ1n) is 4.15. The van der Waals surface area contributed by atoms with Crippen molar-refractivity contribution < 1.29 is 23.4 Å². The van der Waals surface area contributed by atoms with E-state index in [1.54, 1.807) is 0 Å². The van der Waals surface area contributed by atoms with Gasteiger partial charge in [0.15, 0.2) is 6.29 Å². The number of aliphatic hydroxyl groups excluding tert-OH is 1. The van der Waals surface area contributed by atoms with Crippen LogP contribution in [0.5, 0.6) is 0 Å². The van der Waals surface area contributed by atoms with Crippen LogP contribution >= 0.6 is 0 Å². The summed E-state index contributed by atoms with van der Waals surface area (Å²) in [6, 6.07) is -1.28. The van der Waals surface area contributed by atoms with Crippen molar-refractivity contribution in [1.29, 1.82) is 0 Å². The molecule has 4 atom stereocenters. The fourth-order valence-electron chi connectivity index (χ4n) is 1.36. The van der Waals surface area contributed by atoms with E-state index in [9.17, 15) is 13.9 Å². The molecule has 0 spiro atoms. The molecule has 1 heterocycles. The minimum Gasteiger partial charge on any atom is -0.385 e. The Hall–Kier alpha value is -0.340. The molecule has 14 heavy (non-hydrogen) atoms. The standard InChI is InChI=1S/C7H14F2N2O3/c1-13-6-4(11)5(12)7(8,9)3(2-10)14-6/h3-6,12H,2,10-11H2,1H3/t3?,4?,5?,6-/m0/s1. The van der Waals surface area contributed by atoms with Gasteiger partial charge in [0.1, 0.15) is 12.2 Å². The first-order valence-corrected chi connectivity index (χ1v) is 4.15. The molecule has 5 nitrogen and oxygen atoms in total. The maximum atomic E-state index is 13.2. The lowest BCUT2D eigenvalue weighted by molar-refractivity contribution is -0.301. The summed E-state index contributed by atoms with van der Waals surface area (Å²) in [6.07, 6.45) is -4.63. The second kappa shape index (κ2) is 4.03. The largest absolute Gasteiger partial charge is 0.385 e. The lowest BCUT2D eigenvalue weighted by Gasteiger charge is -2.42. The van der Waals surface area contributed by atoms with E-state index in [0.29, 0.717) is 0 Å². The zero-order valence-electron chi connectivity index (χ0n) is 7.69. The molecule has 0 bridgehead atoms. The Balaban J connectivity index is 2.83. The van der Waals surface area contributed by atoms with Crippen LogP contribution in [0.3, 0.4) is 0 Å². The zero-order valence-corrected chi connectivity index (χ0v) is 7.69. The van der Waals surface area contributed by atoms with E-state index in [2.05, 4.69) is 0 Å². The molecule has 84 valence electrons. The topological polar surface area (TPSA) is 90.7 Å². The third kappa shape index (κ3) is 1.73. The number of hydrogen-bond donors (Lipinski definition) is 3. The Morgan fingerprint density at radius 3 is 2.57 bits per heavy atom. The molecular formula is C7H14F2N2O3. The van der Waals surface area contributed by atoms with Crippen LogP contribution < -0.4 is 11.5 Å². The minimum absolute atomic E-state index is 0.406. The summed E-state index contributed by atoms with van der Waals surface area (Å²) in [5.74, 6) is -3.44. The lowest BCUT2D eigenvalue weighted by atomic mass is 9.96. The summed E-state index contributed by atoms with van der Waals surface area (Å²) in [5, 5.41) is 9.22. The van der Waals surface area contributed by atoms with Gasteiger partial charge in [-0.05, 0) is 0 Å². The van der Waals surface area contributed by atoms with Crippen LogP contribution in [-0.4, -0.2) is 49.2 Å². The third-order valence-electron chi connectivity index (χ3n) is 2.25. The van der Waals surface area contributed by atoms with E-state index in [-0.39, 0.29) is 0 Å². The van der Waals surface area contributed by atoms with Crippen molar-refractivity contribution in [2.75, 3.05) is 13.7 Å². The number of alkyl halides is 2. The highest BCUT2D eigenvalue weighted by Gasteiger charge is 2.56. The molecule has 3 unspecified atom stereocenters. The molecule has 0 aliphatic carbocycles. The second-order valence-electron chi connectivity index (χ2n) is 3.16. The average molecular weight is 212 g/mol. The van der Waals surface area contributed by atoms with Crippen molar-refractivity contribution in [2.24, 2.45) is 11.5 Å². The average Bonchev–Trinajstić information content (AvgIpc) is 2.15. The highest BCUT2D eigenvalue weighted by Crippen LogP contribution is 2.33. The van der Waals surface area contributed by atoms with E-state index in [1.807, 2.05) is 0 Å². The number of aliphatic hydroxyl groups is 1. The minimum atomic E-state index is -3.44. The smallest absolute Gasteiger partial charge is 0.302 e. The van der Waals surface area contributed by atoms with Gasteiger partial charge in [-0.2, -0.15) is 0 Å². The summed E-state index contributed by atoms with van der Waals surface area (Å²) in [6.45, 7) is -0.406. The second-order valence-corrected chi connectivity index (χ2v) is 3.16. The van der Waals surface area contributed by atoms with E-state index < -0.39 is 37.0 Å². The molecule has 1 rings (SSSR count). The van der Waals surface area contributed by atoms with Crippen molar-refractivity contribution in [3.8, 4) is 0 Å². The van der Waals surface area contributed by atoms with Gasteiger partial charge >= 0.3 is 5.92 Å². The first-order chi connectivity index (χ1) is 6.45. The van der Waals surface area contributed by atoms with Crippen LogP contribution in [0.15, 0.2) is 0 Å². The first kappa shape index (κ1) is 11.7. The molecule has 0 radical (unpaired) electrons. The predicted octanol–water partition coefficient (Wildman–Crippen LogP) is -1.36. The predicted molar refractivity (Wildman–Crippen MR) is 43.7 cm³/mol. The van der Waals surface area contributed by atoms with Gasteiger partial charge in [0, 0.05) is 13.7 Å². The highest BCUT2D eigenvalue weighted by molar-refractivity contribution is 4.97. The Morgan fingerprint density at radius 2 is 2.14 bits per heavy atom. The van der Waals surface area contributed by atoms with Crippen molar-refractivity contribution in [2.45, 2.75) is 30.5 Å². The number of methoxy groups -OCH3 is 1. The van der Waals surface area contributed by atoms with Crippen molar-refractivity contribution in [3.63, 3.8) is 0 Å². The number of nitrogens with two attached hydrogens (primary N) is 2. The van der Waals surface area contributed by atoms with Gasteiger partial charge in [-0.15, -0.1) is 0 Å². The molecule has 0 saturated carbocycles. The van der Waals surface area contributed by atoms with Gasteiger partial charge in [-0.25, -0.2) is 8.78 Å². The van der Waals surface area contributed by atoms with Gasteiger partial charge < -0.3 is 26.0 Å². The number of ether oxygens (including phenoxy) is 2. The summed E-state index contributed by atoms with van der Waals surface area (Å²) >= 11 is 0. The summed E-state index contributed by atoms with van der Waals surface area (Å²) < 4.78 is 36.0. The fraction of sp³-hybridized carbons (Fsp3) is 1.00. The third-order valence-corrected chi connectivity index (χ3v) is 2.25. The zero-order chi connectivity index (χ0) is 10.9. The normalized spacial score (nSPS) is 42.4. The quantitative estimate of drug-likeness (QED) is 0.526. The monoisotopic (exact) mass is 212 g/mol. The summed E-state index contributed by atoms with van der Waals surface area (Å²) in [7, 11) is 1.26. The van der Waals surface area contributed by atoms with Crippen LogP contribution in [0.1, 0.15) is 0 Å². The molecule has 5 N–H and O–H groups in total. The number of rotatable bonds is 2. The molecule has 1 aliphatic rings. The maximum Gasteiger partial charge on any atom is 0.302 e. The Morgan fingerprint density at radius 1 is 1.57 bits per heavy atom. The molecule has 7 heteroatoms. The molecular weight excluding hydrogens is 198 g/mol. The molecule has 1 saturated heterocycles. The van der Waals surface area contributed by atoms with Crippen molar-refractivity contribution in [3.05, 3.63) is 0 Å². The Kier molecular flexibility index (Phi) is 3.38. The lowest BCUT2D eigenvalue weighted by Crippen LogP contribution is -2.66. The maximum absolute atomic E-state index is 13.2. The summed E-state index contributed by atoms with van der Waals surface area (Å²) in [4.78, 5) is 0. The molecule has 0 aromatic rings. The fourth-order valence-corrected chi connectivity index (χ4v) is 1.36. The van der Waals surface area contributed by atoms with E-state index in [1.165, 1.54) is 7.11 Å².